The summed E-state index contributed by atoms with van der Waals surface area (Å²) in [5.74, 6) is -2.20. The van der Waals surface area contributed by atoms with Crippen LogP contribution in [0.15, 0.2) is 50.8 Å². The molecule has 9 heteroatoms. The molecule has 0 saturated carbocycles. The van der Waals surface area contributed by atoms with Crippen LogP contribution in [0, 0.1) is 0 Å². The number of aryl methyl sites for hydroxylation is 1. The third-order valence-electron chi connectivity index (χ3n) is 5.48. The second-order valence-corrected chi connectivity index (χ2v) is 8.06. The van der Waals surface area contributed by atoms with E-state index in [2.05, 4.69) is 25.9 Å². The average molecular weight is 480 g/mol. The number of carbonyl (C=O) groups excluding carboxylic acids is 1. The van der Waals surface area contributed by atoms with Crippen molar-refractivity contribution < 1.29 is 19.8 Å². The summed E-state index contributed by atoms with van der Waals surface area (Å²) in [5.41, 5.74) is 0.268. The van der Waals surface area contributed by atoms with E-state index in [1.54, 1.807) is 34.9 Å². The highest BCUT2D eigenvalue weighted by atomic mass is 79.9. The van der Waals surface area contributed by atoms with Gasteiger partial charge < -0.3 is 19.8 Å². The molecule has 8 nitrogen and oxygen atoms in total. The van der Waals surface area contributed by atoms with E-state index in [0.29, 0.717) is 23.0 Å². The van der Waals surface area contributed by atoms with E-state index in [0.717, 1.165) is 4.47 Å². The van der Waals surface area contributed by atoms with Gasteiger partial charge in [0.2, 0.25) is 5.43 Å². The topological polar surface area (TPSA) is 125 Å². The number of pyridine rings is 1. The molecule has 0 bridgehead atoms. The van der Waals surface area contributed by atoms with Gasteiger partial charge in [-0.25, -0.2) is 9.79 Å². The van der Waals surface area contributed by atoms with Crippen molar-refractivity contribution >= 4 is 55.2 Å². The van der Waals surface area contributed by atoms with E-state index in [1.807, 2.05) is 6.92 Å². The van der Waals surface area contributed by atoms with Crippen molar-refractivity contribution in [2.45, 2.75) is 13.5 Å². The Balaban J connectivity index is 2.08. The lowest BCUT2D eigenvalue weighted by Crippen LogP contribution is -2.32. The highest BCUT2D eigenvalue weighted by molar-refractivity contribution is 9.10. The molecular weight excluding hydrogens is 466 g/mol. The minimum Gasteiger partial charge on any atom is -0.494 e. The summed E-state index contributed by atoms with van der Waals surface area (Å²) in [5, 5.41) is 21.4. The maximum atomic E-state index is 13.2. The second-order valence-electron chi connectivity index (χ2n) is 7.15. The number of hydrogen-bond donors (Lipinski definition) is 3. The van der Waals surface area contributed by atoms with Crippen molar-refractivity contribution in [3.63, 3.8) is 0 Å². The van der Waals surface area contributed by atoms with E-state index in [1.165, 1.54) is 6.20 Å². The van der Waals surface area contributed by atoms with Gasteiger partial charge in [0.1, 0.15) is 5.56 Å². The van der Waals surface area contributed by atoms with Gasteiger partial charge in [-0.15, -0.1) is 0 Å². The normalized spacial score (nSPS) is 13.1. The van der Waals surface area contributed by atoms with Crippen LogP contribution >= 0.6 is 15.9 Å². The van der Waals surface area contributed by atoms with Crippen LogP contribution < -0.4 is 16.0 Å². The summed E-state index contributed by atoms with van der Waals surface area (Å²) in [6.45, 7) is 2.24. The first kappa shape index (κ1) is 19.3. The number of H-pyrrole nitrogens is 1. The van der Waals surface area contributed by atoms with Crippen LogP contribution in [0.25, 0.3) is 27.4 Å². The number of carbonyl (C=O) groups is 2. The monoisotopic (exact) mass is 479 g/mol. The van der Waals surface area contributed by atoms with E-state index in [4.69, 9.17) is 0 Å². The number of rotatable bonds is 3. The van der Waals surface area contributed by atoms with Gasteiger partial charge in [0, 0.05) is 33.3 Å². The number of fused-ring (bicyclic) bond motifs is 4. The van der Waals surface area contributed by atoms with Crippen molar-refractivity contribution in [2.75, 3.05) is 0 Å². The molecule has 5 rings (SSSR count). The number of aromatic amines is 1. The standard InChI is InChI=1S/C22H14BrN3O5/c1-2-26-8-11(22(30)31)19(27)17-14(26)6-5-13-16(17)18(21(29)25-13)15-10-7-9(23)3-4-12(10)24-20(15)28/h3-8,24,28H,2H2,1H3,(H,30,31). The van der Waals surface area contributed by atoms with Gasteiger partial charge in [0.05, 0.1) is 27.4 Å². The maximum absolute atomic E-state index is 13.2. The highest BCUT2D eigenvalue weighted by Crippen LogP contribution is 2.35. The van der Waals surface area contributed by atoms with Gasteiger partial charge in [0.25, 0.3) is 5.91 Å². The Labute approximate surface area is 181 Å². The highest BCUT2D eigenvalue weighted by Gasteiger charge is 2.28. The number of amides is 1. The zero-order valence-electron chi connectivity index (χ0n) is 16.1. The molecule has 0 spiro atoms. The van der Waals surface area contributed by atoms with E-state index in [-0.39, 0.29) is 33.0 Å². The Bertz CT molecular complexity index is 1660. The zero-order valence-corrected chi connectivity index (χ0v) is 17.6. The van der Waals surface area contributed by atoms with Gasteiger partial charge in [0.15, 0.2) is 5.88 Å². The molecule has 1 aliphatic heterocycles. The summed E-state index contributed by atoms with van der Waals surface area (Å²) in [7, 11) is 0. The van der Waals surface area contributed by atoms with Crippen molar-refractivity contribution in [1.29, 1.82) is 0 Å². The zero-order chi connectivity index (χ0) is 22.0. The SMILES string of the molecule is CCn1cc(C(=O)O)c(=O)c2c3c(ccc21)=NC(=O)C=3c1c(O)[nH]c2ccc(Br)cc12. The molecule has 0 unspecified atom stereocenters. The molecule has 0 saturated heterocycles. The Hall–Kier alpha value is -3.72. The summed E-state index contributed by atoms with van der Waals surface area (Å²) in [6, 6.07) is 8.55. The van der Waals surface area contributed by atoms with E-state index in [9.17, 15) is 24.6 Å². The summed E-state index contributed by atoms with van der Waals surface area (Å²) in [4.78, 5) is 44.8. The summed E-state index contributed by atoms with van der Waals surface area (Å²) >= 11 is 3.40. The van der Waals surface area contributed by atoms with Crippen LogP contribution in [0.4, 0.5) is 0 Å². The van der Waals surface area contributed by atoms with Gasteiger partial charge >= 0.3 is 5.97 Å². The lowest BCUT2D eigenvalue weighted by Gasteiger charge is -2.10. The molecule has 0 aliphatic carbocycles. The second kappa shape index (κ2) is 6.64. The minimum atomic E-state index is -1.35. The number of carboxylic acid groups (broad SMARTS) is 1. The van der Waals surface area contributed by atoms with Gasteiger partial charge in [-0.1, -0.05) is 15.9 Å². The molecule has 2 aromatic carbocycles. The number of benzene rings is 2. The van der Waals surface area contributed by atoms with Gasteiger partial charge in [-0.3, -0.25) is 9.59 Å². The molecule has 1 amide bonds. The molecule has 0 radical (unpaired) electrons. The van der Waals surface area contributed by atoms with Crippen LogP contribution in [0.1, 0.15) is 22.8 Å². The lowest BCUT2D eigenvalue weighted by atomic mass is 9.99. The molecule has 0 atom stereocenters. The fourth-order valence-electron chi connectivity index (χ4n) is 4.14. The molecule has 31 heavy (non-hydrogen) atoms. The lowest BCUT2D eigenvalue weighted by molar-refractivity contribution is -0.112. The van der Waals surface area contributed by atoms with E-state index < -0.39 is 22.9 Å². The largest absolute Gasteiger partial charge is 0.494 e. The predicted octanol–water partition coefficient (Wildman–Crippen LogP) is 2.03. The molecule has 3 N–H and O–H groups in total. The maximum Gasteiger partial charge on any atom is 0.341 e. The Morgan fingerprint density at radius 1 is 1.23 bits per heavy atom. The Morgan fingerprint density at radius 2 is 2.00 bits per heavy atom. The van der Waals surface area contributed by atoms with Crippen molar-refractivity contribution in [3.05, 3.63) is 72.9 Å². The minimum absolute atomic E-state index is 0.0599. The van der Waals surface area contributed by atoms with Crippen molar-refractivity contribution in [1.82, 2.24) is 9.55 Å². The van der Waals surface area contributed by atoms with Crippen LogP contribution in [0.5, 0.6) is 5.88 Å². The third kappa shape index (κ3) is 2.66. The first-order valence-electron chi connectivity index (χ1n) is 9.39. The van der Waals surface area contributed by atoms with Crippen LogP contribution in [0.2, 0.25) is 0 Å². The number of hydrogen-bond acceptors (Lipinski definition) is 4. The number of aromatic hydroxyl groups is 1. The molecule has 1 aliphatic rings. The fraction of sp³-hybridized carbons (Fsp3) is 0.0909. The summed E-state index contributed by atoms with van der Waals surface area (Å²) < 4.78 is 2.38. The number of carboxylic acids is 1. The molecule has 0 fully saturated rings. The molecule has 4 aromatic rings. The Morgan fingerprint density at radius 3 is 2.71 bits per heavy atom. The first-order chi connectivity index (χ1) is 14.8. The van der Waals surface area contributed by atoms with Crippen molar-refractivity contribution in [3.8, 4) is 5.88 Å². The van der Waals surface area contributed by atoms with Crippen LogP contribution in [-0.4, -0.2) is 31.6 Å². The number of aromatic carboxylic acids is 1. The fourth-order valence-corrected chi connectivity index (χ4v) is 4.50. The van der Waals surface area contributed by atoms with E-state index >= 15 is 0 Å². The molecule has 154 valence electrons. The predicted molar refractivity (Wildman–Crippen MR) is 117 cm³/mol. The van der Waals surface area contributed by atoms with Gasteiger partial charge in [-0.05, 0) is 37.3 Å². The van der Waals surface area contributed by atoms with Crippen LogP contribution in [0.3, 0.4) is 0 Å². The number of aromatic nitrogens is 2. The molecular formula is C22H14BrN3O5. The quantitative estimate of drug-likeness (QED) is 0.414. The smallest absolute Gasteiger partial charge is 0.341 e. The van der Waals surface area contributed by atoms with Crippen LogP contribution in [-0.2, 0) is 11.3 Å². The third-order valence-corrected chi connectivity index (χ3v) is 5.97. The van der Waals surface area contributed by atoms with Gasteiger partial charge in [-0.2, -0.15) is 0 Å². The molecule has 3 heterocycles. The number of halogens is 1. The molecule has 2 aromatic heterocycles. The number of nitrogens with zero attached hydrogens (tertiary/aromatic N) is 2. The van der Waals surface area contributed by atoms with Crippen molar-refractivity contribution in [2.24, 2.45) is 4.99 Å². The number of nitrogens with one attached hydrogen (secondary N) is 1. The Kier molecular flexibility index (Phi) is 4.13. The first-order valence-corrected chi connectivity index (χ1v) is 10.2. The average Bonchev–Trinajstić information content (AvgIpc) is 3.22. The summed E-state index contributed by atoms with van der Waals surface area (Å²) in [6.07, 6.45) is 1.30.